The summed E-state index contributed by atoms with van der Waals surface area (Å²) >= 11 is 0. The van der Waals surface area contributed by atoms with Crippen LogP contribution in [0.25, 0.3) is 0 Å². The van der Waals surface area contributed by atoms with E-state index in [0.29, 0.717) is 0 Å². The van der Waals surface area contributed by atoms with E-state index in [1.165, 1.54) is 4.90 Å². The van der Waals surface area contributed by atoms with Crippen LogP contribution in [0, 0.1) is 5.41 Å². The van der Waals surface area contributed by atoms with E-state index in [1.54, 1.807) is 6.92 Å². The van der Waals surface area contributed by atoms with Gasteiger partial charge in [0.1, 0.15) is 0 Å². The molecule has 1 fully saturated rings. The Morgan fingerprint density at radius 3 is 2.47 bits per heavy atom. The predicted octanol–water partition coefficient (Wildman–Crippen LogP) is 2.45. The summed E-state index contributed by atoms with van der Waals surface area (Å²) in [7, 11) is 0. The third-order valence-corrected chi connectivity index (χ3v) is 3.53. The normalized spacial score (nSPS) is 28.1. The molecule has 19 heavy (non-hydrogen) atoms. The number of carbonyl (C=O) groups excluding carboxylic acids is 1. The van der Waals surface area contributed by atoms with Crippen molar-refractivity contribution in [2.75, 3.05) is 13.2 Å². The highest BCUT2D eigenvalue weighted by Gasteiger charge is 2.51. The third kappa shape index (κ3) is 3.36. The summed E-state index contributed by atoms with van der Waals surface area (Å²) in [6, 6.07) is -0.548. The minimum absolute atomic E-state index is 0.00653. The van der Waals surface area contributed by atoms with Gasteiger partial charge in [0.2, 0.25) is 5.67 Å². The van der Waals surface area contributed by atoms with Crippen LogP contribution in [0.15, 0.2) is 0 Å². The van der Waals surface area contributed by atoms with Crippen LogP contribution in [0.1, 0.15) is 40.5 Å². The molecule has 0 bridgehead atoms. The van der Waals surface area contributed by atoms with Crippen LogP contribution in [0.5, 0.6) is 0 Å². The van der Waals surface area contributed by atoms with E-state index in [4.69, 9.17) is 4.74 Å². The van der Waals surface area contributed by atoms with Gasteiger partial charge in [0.25, 0.3) is 0 Å². The molecule has 2 atom stereocenters. The number of amides is 1. The summed E-state index contributed by atoms with van der Waals surface area (Å²) in [5.41, 5.74) is -2.53. The summed E-state index contributed by atoms with van der Waals surface area (Å²) in [5, 5.41) is 9.17. The number of ether oxygens (including phenoxy) is 1. The van der Waals surface area contributed by atoms with Crippen LogP contribution in [-0.4, -0.2) is 46.9 Å². The lowest BCUT2D eigenvalue weighted by atomic mass is 9.76. The minimum Gasteiger partial charge on any atom is -0.465 e. The maximum absolute atomic E-state index is 14.7. The molecule has 0 aromatic heterocycles. The standard InChI is InChI=1S/C13H22FNO4/c1-5-19-10(16)13(14)6-7-15(11(17)18)9(8-13)12(2,3)4/h9H,5-8H2,1-4H3,(H,17,18). The van der Waals surface area contributed by atoms with Crippen LogP contribution in [0.4, 0.5) is 9.18 Å². The van der Waals surface area contributed by atoms with Gasteiger partial charge in [-0.25, -0.2) is 14.0 Å². The molecule has 1 aliphatic rings. The van der Waals surface area contributed by atoms with Crippen LogP contribution < -0.4 is 0 Å². The number of carboxylic acid groups (broad SMARTS) is 1. The Morgan fingerprint density at radius 2 is 2.05 bits per heavy atom. The number of piperidine rings is 1. The number of carbonyl (C=O) groups is 2. The monoisotopic (exact) mass is 275 g/mol. The quantitative estimate of drug-likeness (QED) is 0.786. The number of hydrogen-bond acceptors (Lipinski definition) is 3. The molecule has 2 unspecified atom stereocenters. The summed E-state index contributed by atoms with van der Waals surface area (Å²) < 4.78 is 19.4. The molecule has 1 amide bonds. The maximum atomic E-state index is 14.7. The first-order chi connectivity index (χ1) is 8.62. The zero-order valence-corrected chi connectivity index (χ0v) is 11.9. The van der Waals surface area contributed by atoms with Crippen LogP contribution >= 0.6 is 0 Å². The largest absolute Gasteiger partial charge is 0.465 e. The van der Waals surface area contributed by atoms with Gasteiger partial charge in [-0.2, -0.15) is 0 Å². The molecule has 0 aromatic rings. The van der Waals surface area contributed by atoms with Gasteiger partial charge >= 0.3 is 12.1 Å². The molecule has 0 saturated carbocycles. The predicted molar refractivity (Wildman–Crippen MR) is 67.7 cm³/mol. The molecule has 1 aliphatic heterocycles. The zero-order valence-electron chi connectivity index (χ0n) is 11.9. The van der Waals surface area contributed by atoms with E-state index in [0.717, 1.165) is 0 Å². The second kappa shape index (κ2) is 5.35. The van der Waals surface area contributed by atoms with Crippen molar-refractivity contribution in [2.24, 2.45) is 5.41 Å². The number of nitrogens with zero attached hydrogens (tertiary/aromatic N) is 1. The Bertz CT molecular complexity index is 366. The van der Waals surface area contributed by atoms with Crippen molar-refractivity contribution in [3.63, 3.8) is 0 Å². The fourth-order valence-electron chi connectivity index (χ4n) is 2.42. The van der Waals surface area contributed by atoms with Crippen molar-refractivity contribution in [1.82, 2.24) is 4.90 Å². The third-order valence-electron chi connectivity index (χ3n) is 3.53. The van der Waals surface area contributed by atoms with Crippen molar-refractivity contribution in [1.29, 1.82) is 0 Å². The molecule has 1 heterocycles. The van der Waals surface area contributed by atoms with Gasteiger partial charge in [-0.05, 0) is 12.3 Å². The number of rotatable bonds is 2. The van der Waals surface area contributed by atoms with Crippen LogP contribution in [0.2, 0.25) is 0 Å². The van der Waals surface area contributed by atoms with Gasteiger partial charge in [-0.3, -0.25) is 0 Å². The Labute approximate surface area is 112 Å². The molecule has 0 aromatic carbocycles. The second-order valence-electron chi connectivity index (χ2n) is 6.00. The van der Waals surface area contributed by atoms with Gasteiger partial charge in [0, 0.05) is 25.4 Å². The summed E-state index contributed by atoms with van der Waals surface area (Å²) in [5.74, 6) is -0.880. The number of halogens is 1. The number of alkyl halides is 1. The van der Waals surface area contributed by atoms with E-state index in [9.17, 15) is 19.1 Å². The summed E-state index contributed by atoms with van der Waals surface area (Å²) in [6.45, 7) is 7.26. The van der Waals surface area contributed by atoms with Gasteiger partial charge in [-0.15, -0.1) is 0 Å². The highest BCUT2D eigenvalue weighted by Crippen LogP contribution is 2.39. The van der Waals surface area contributed by atoms with Gasteiger partial charge in [-0.1, -0.05) is 20.8 Å². The molecular formula is C13H22FNO4. The average Bonchev–Trinajstić information content (AvgIpc) is 2.27. The van der Waals surface area contributed by atoms with Crippen molar-refractivity contribution >= 4 is 12.1 Å². The smallest absolute Gasteiger partial charge is 0.407 e. The number of esters is 1. The molecule has 1 rings (SSSR count). The molecule has 6 heteroatoms. The summed E-state index contributed by atoms with van der Waals surface area (Å²) in [4.78, 5) is 24.1. The van der Waals surface area contributed by atoms with Crippen molar-refractivity contribution in [2.45, 2.75) is 52.2 Å². The SMILES string of the molecule is CCOC(=O)C1(F)CCN(C(=O)O)C(C(C)(C)C)C1. The van der Waals surface area contributed by atoms with Gasteiger partial charge in [0.15, 0.2) is 0 Å². The molecule has 0 radical (unpaired) electrons. The van der Waals surface area contributed by atoms with Crippen molar-refractivity contribution < 1.29 is 23.8 Å². The lowest BCUT2D eigenvalue weighted by molar-refractivity contribution is -0.163. The minimum atomic E-state index is -2.08. The molecule has 110 valence electrons. The van der Waals surface area contributed by atoms with E-state index in [-0.39, 0.29) is 26.0 Å². The topological polar surface area (TPSA) is 66.8 Å². The highest BCUT2D eigenvalue weighted by atomic mass is 19.1. The Balaban J connectivity index is 2.96. The van der Waals surface area contributed by atoms with Crippen molar-refractivity contribution in [3.8, 4) is 0 Å². The summed E-state index contributed by atoms with van der Waals surface area (Å²) in [6.07, 6.45) is -1.38. The average molecular weight is 275 g/mol. The number of likely N-dealkylation sites (tertiary alicyclic amines) is 1. The van der Waals surface area contributed by atoms with Gasteiger partial charge < -0.3 is 14.7 Å². The molecule has 0 spiro atoms. The Kier molecular flexibility index (Phi) is 4.43. The molecule has 0 aliphatic carbocycles. The maximum Gasteiger partial charge on any atom is 0.407 e. The van der Waals surface area contributed by atoms with Crippen LogP contribution in [-0.2, 0) is 9.53 Å². The lowest BCUT2D eigenvalue weighted by Gasteiger charge is -2.45. The van der Waals surface area contributed by atoms with E-state index in [2.05, 4.69) is 0 Å². The molecule has 1 saturated heterocycles. The highest BCUT2D eigenvalue weighted by molar-refractivity contribution is 5.80. The fourth-order valence-corrected chi connectivity index (χ4v) is 2.42. The molecule has 1 N–H and O–H groups in total. The first-order valence-corrected chi connectivity index (χ1v) is 6.47. The first kappa shape index (κ1) is 15.7. The fraction of sp³-hybridized carbons (Fsp3) is 0.846. The Morgan fingerprint density at radius 1 is 1.47 bits per heavy atom. The second-order valence-corrected chi connectivity index (χ2v) is 6.00. The van der Waals surface area contributed by atoms with E-state index >= 15 is 0 Å². The lowest BCUT2D eigenvalue weighted by Crippen LogP contribution is -2.58. The molecule has 5 nitrogen and oxygen atoms in total. The van der Waals surface area contributed by atoms with Crippen LogP contribution in [0.3, 0.4) is 0 Å². The van der Waals surface area contributed by atoms with E-state index < -0.39 is 29.2 Å². The Hall–Kier alpha value is -1.33. The van der Waals surface area contributed by atoms with E-state index in [1.807, 2.05) is 20.8 Å². The number of hydrogen-bond donors (Lipinski definition) is 1. The van der Waals surface area contributed by atoms with Crippen molar-refractivity contribution in [3.05, 3.63) is 0 Å². The zero-order chi connectivity index (χ0) is 14.8. The van der Waals surface area contributed by atoms with Gasteiger partial charge in [0.05, 0.1) is 6.61 Å². The molecular weight excluding hydrogens is 253 g/mol. The first-order valence-electron chi connectivity index (χ1n) is 6.47.